The molecule has 2 N–H and O–H groups in total. The molecule has 8 heteroatoms. The normalized spacial score (nSPS) is 11.1. The van der Waals surface area contributed by atoms with E-state index in [9.17, 15) is 13.2 Å². The number of hydrogen-bond acceptors (Lipinski definition) is 6. The van der Waals surface area contributed by atoms with Crippen molar-refractivity contribution >= 4 is 21.6 Å². The number of nitrogens with two attached hydrogens (primary N) is 1. The summed E-state index contributed by atoms with van der Waals surface area (Å²) >= 11 is 0. The smallest absolute Gasteiger partial charge is 0.267 e. The van der Waals surface area contributed by atoms with Crippen LogP contribution in [0, 0.1) is 0 Å². The van der Waals surface area contributed by atoms with Crippen LogP contribution in [0.1, 0.15) is 10.5 Å². The lowest BCUT2D eigenvalue weighted by atomic mass is 10.3. The van der Waals surface area contributed by atoms with Crippen molar-refractivity contribution in [3.8, 4) is 0 Å². The minimum absolute atomic E-state index is 0.00929. The monoisotopic (exact) mass is 306 g/mol. The van der Waals surface area contributed by atoms with Gasteiger partial charge in [0.05, 0.1) is 9.79 Å². The summed E-state index contributed by atoms with van der Waals surface area (Å²) in [6.07, 6.45) is 2.39. The van der Waals surface area contributed by atoms with Crippen molar-refractivity contribution in [2.45, 2.75) is 9.79 Å². The number of amides is 1. The third-order valence-electron chi connectivity index (χ3n) is 2.79. The topological polar surface area (TPSA) is 106 Å². The van der Waals surface area contributed by atoms with Crippen molar-refractivity contribution in [1.82, 2.24) is 9.97 Å². The second-order valence-electron chi connectivity index (χ2n) is 4.49. The number of aromatic nitrogens is 2. The first-order valence-corrected chi connectivity index (χ1v) is 7.45. The zero-order valence-corrected chi connectivity index (χ0v) is 12.3. The lowest BCUT2D eigenvalue weighted by Crippen LogP contribution is -2.14. The molecule has 2 heterocycles. The van der Waals surface area contributed by atoms with Gasteiger partial charge in [0.1, 0.15) is 11.5 Å². The van der Waals surface area contributed by atoms with Gasteiger partial charge in [-0.3, -0.25) is 4.79 Å². The first kappa shape index (κ1) is 14.9. The highest BCUT2D eigenvalue weighted by atomic mass is 32.2. The van der Waals surface area contributed by atoms with E-state index in [0.29, 0.717) is 5.82 Å². The molecule has 0 saturated carbocycles. The fourth-order valence-electron chi connectivity index (χ4n) is 1.62. The zero-order chi connectivity index (χ0) is 15.6. The highest BCUT2D eigenvalue weighted by Gasteiger charge is 2.19. The molecule has 2 rings (SSSR count). The Morgan fingerprint density at radius 3 is 2.00 bits per heavy atom. The van der Waals surface area contributed by atoms with Crippen molar-refractivity contribution in [3.63, 3.8) is 0 Å². The molecule has 7 nitrogen and oxygen atoms in total. The van der Waals surface area contributed by atoms with Crippen LogP contribution in [0.5, 0.6) is 0 Å². The maximum Gasteiger partial charge on any atom is 0.267 e. The maximum atomic E-state index is 12.4. The minimum atomic E-state index is -3.72. The van der Waals surface area contributed by atoms with Crippen LogP contribution in [-0.4, -0.2) is 38.4 Å². The Kier molecular flexibility index (Phi) is 3.90. The van der Waals surface area contributed by atoms with Crippen molar-refractivity contribution in [2.75, 3.05) is 19.0 Å². The third kappa shape index (κ3) is 3.00. The van der Waals surface area contributed by atoms with Crippen LogP contribution >= 0.6 is 0 Å². The van der Waals surface area contributed by atoms with Gasteiger partial charge in [0, 0.05) is 26.5 Å². The summed E-state index contributed by atoms with van der Waals surface area (Å²) in [5, 5.41) is 0. The zero-order valence-electron chi connectivity index (χ0n) is 11.5. The molecule has 0 fully saturated rings. The number of rotatable bonds is 4. The molecule has 0 aromatic carbocycles. The van der Waals surface area contributed by atoms with Crippen molar-refractivity contribution in [2.24, 2.45) is 5.73 Å². The van der Waals surface area contributed by atoms with E-state index < -0.39 is 15.7 Å². The van der Waals surface area contributed by atoms with E-state index in [1.807, 2.05) is 14.1 Å². The molecule has 0 spiro atoms. The highest BCUT2D eigenvalue weighted by Crippen LogP contribution is 2.21. The summed E-state index contributed by atoms with van der Waals surface area (Å²) in [4.78, 5) is 20.5. The number of anilines is 1. The standard InChI is InChI=1S/C13H14N4O3S/c1-17(2)12-6-4-10(8-16-12)21(19,20)9-3-5-11(13(14)18)15-7-9/h3-8H,1-2H3,(H2,14,18). The maximum absolute atomic E-state index is 12.4. The van der Waals surface area contributed by atoms with Crippen molar-refractivity contribution in [3.05, 3.63) is 42.4 Å². The summed E-state index contributed by atoms with van der Waals surface area (Å²) in [5.41, 5.74) is 5.07. The quantitative estimate of drug-likeness (QED) is 0.880. The van der Waals surface area contributed by atoms with Gasteiger partial charge in [0.2, 0.25) is 9.84 Å². The van der Waals surface area contributed by atoms with E-state index in [1.54, 1.807) is 11.0 Å². The summed E-state index contributed by atoms with van der Waals surface area (Å²) in [5.74, 6) is -0.0629. The molecule has 0 radical (unpaired) electrons. The summed E-state index contributed by atoms with van der Waals surface area (Å²) in [6.45, 7) is 0. The Morgan fingerprint density at radius 2 is 1.62 bits per heavy atom. The molecule has 0 aliphatic carbocycles. The van der Waals surface area contributed by atoms with E-state index >= 15 is 0 Å². The molecule has 2 aromatic heterocycles. The molecule has 21 heavy (non-hydrogen) atoms. The summed E-state index contributed by atoms with van der Waals surface area (Å²) in [6, 6.07) is 5.65. The van der Waals surface area contributed by atoms with Gasteiger partial charge in [-0.2, -0.15) is 0 Å². The fraction of sp³-hybridized carbons (Fsp3) is 0.154. The first-order valence-electron chi connectivity index (χ1n) is 5.96. The number of pyridine rings is 2. The van der Waals surface area contributed by atoms with Gasteiger partial charge in [-0.15, -0.1) is 0 Å². The van der Waals surface area contributed by atoms with Crippen molar-refractivity contribution < 1.29 is 13.2 Å². The molecule has 0 atom stereocenters. The molecule has 2 aromatic rings. The number of hydrogen-bond donors (Lipinski definition) is 1. The van der Waals surface area contributed by atoms with E-state index in [1.165, 1.54) is 24.4 Å². The van der Waals surface area contributed by atoms with Gasteiger partial charge in [0.25, 0.3) is 5.91 Å². The van der Waals surface area contributed by atoms with Gasteiger partial charge in [-0.1, -0.05) is 0 Å². The molecule has 110 valence electrons. The first-order chi connectivity index (χ1) is 9.82. The highest BCUT2D eigenvalue weighted by molar-refractivity contribution is 7.91. The van der Waals surface area contributed by atoms with E-state index in [0.717, 1.165) is 6.20 Å². The number of nitrogens with zero attached hydrogens (tertiary/aromatic N) is 3. The van der Waals surface area contributed by atoms with Crippen LogP contribution in [0.25, 0.3) is 0 Å². The number of carbonyl (C=O) groups is 1. The van der Waals surface area contributed by atoms with Crippen LogP contribution in [0.4, 0.5) is 5.82 Å². The average Bonchev–Trinajstić information content (AvgIpc) is 2.47. The number of primary amides is 1. The van der Waals surface area contributed by atoms with Crippen LogP contribution in [0.3, 0.4) is 0 Å². The Labute approximate surface area is 122 Å². The van der Waals surface area contributed by atoms with Gasteiger partial charge >= 0.3 is 0 Å². The molecule has 0 unspecified atom stereocenters. The average molecular weight is 306 g/mol. The lowest BCUT2D eigenvalue weighted by Gasteiger charge is -2.11. The predicted molar refractivity (Wildman–Crippen MR) is 76.8 cm³/mol. The summed E-state index contributed by atoms with van der Waals surface area (Å²) in [7, 11) is -0.103. The van der Waals surface area contributed by atoms with Crippen LogP contribution in [0.2, 0.25) is 0 Å². The van der Waals surface area contributed by atoms with Gasteiger partial charge in [-0.05, 0) is 24.3 Å². The third-order valence-corrected chi connectivity index (χ3v) is 4.51. The second kappa shape index (κ2) is 5.49. The second-order valence-corrected chi connectivity index (χ2v) is 6.44. The molecular weight excluding hydrogens is 292 g/mol. The SMILES string of the molecule is CN(C)c1ccc(S(=O)(=O)c2ccc(C(N)=O)nc2)cn1. The van der Waals surface area contributed by atoms with Crippen LogP contribution in [0.15, 0.2) is 46.5 Å². The van der Waals surface area contributed by atoms with Crippen LogP contribution in [-0.2, 0) is 9.84 Å². The molecule has 1 amide bonds. The Morgan fingerprint density at radius 1 is 1.05 bits per heavy atom. The number of sulfone groups is 1. The van der Waals surface area contributed by atoms with E-state index in [2.05, 4.69) is 9.97 Å². The lowest BCUT2D eigenvalue weighted by molar-refractivity contribution is 0.0995. The van der Waals surface area contributed by atoms with Crippen molar-refractivity contribution in [1.29, 1.82) is 0 Å². The fourth-order valence-corrected chi connectivity index (χ4v) is 2.77. The predicted octanol–water partition coefficient (Wildman–Crippen LogP) is 0.474. The van der Waals surface area contributed by atoms with Gasteiger partial charge in [0.15, 0.2) is 0 Å². The molecule has 0 aliphatic heterocycles. The Bertz CT molecular complexity index is 753. The van der Waals surface area contributed by atoms with E-state index in [-0.39, 0.29) is 15.5 Å². The van der Waals surface area contributed by atoms with Crippen LogP contribution < -0.4 is 10.6 Å². The molecular formula is C13H14N4O3S. The van der Waals surface area contributed by atoms with Gasteiger partial charge < -0.3 is 10.6 Å². The van der Waals surface area contributed by atoms with Gasteiger partial charge in [-0.25, -0.2) is 18.4 Å². The Balaban J connectivity index is 2.39. The Hall–Kier alpha value is -2.48. The summed E-state index contributed by atoms with van der Waals surface area (Å²) < 4.78 is 24.8. The minimum Gasteiger partial charge on any atom is -0.364 e. The molecule has 0 aliphatic rings. The molecule has 0 bridgehead atoms. The van der Waals surface area contributed by atoms with E-state index in [4.69, 9.17) is 5.73 Å². The number of carbonyl (C=O) groups excluding carboxylic acids is 1. The molecule has 0 saturated heterocycles. The largest absolute Gasteiger partial charge is 0.364 e.